The zero-order valence-electron chi connectivity index (χ0n) is 16.4. The van der Waals surface area contributed by atoms with Crippen LogP contribution in [-0.2, 0) is 20.9 Å². The number of nitrogens with zero attached hydrogens (tertiary/aromatic N) is 1. The summed E-state index contributed by atoms with van der Waals surface area (Å²) in [6, 6.07) is 14.8. The summed E-state index contributed by atoms with van der Waals surface area (Å²) in [4.78, 5) is 25.5. The van der Waals surface area contributed by atoms with E-state index in [0.29, 0.717) is 18.9 Å². The average Bonchev–Trinajstić information content (AvgIpc) is 2.72. The Kier molecular flexibility index (Phi) is 8.09. The summed E-state index contributed by atoms with van der Waals surface area (Å²) in [5, 5.41) is 0. The van der Waals surface area contributed by atoms with Gasteiger partial charge >= 0.3 is 5.97 Å². The van der Waals surface area contributed by atoms with Crippen LogP contribution in [0.3, 0.4) is 0 Å². The minimum absolute atomic E-state index is 0.281. The lowest BCUT2D eigenvalue weighted by molar-refractivity contribution is -0.147. The maximum Gasteiger partial charge on any atom is 0.331 e. The normalized spacial score (nSPS) is 10.5. The fourth-order valence-corrected chi connectivity index (χ4v) is 2.42. The van der Waals surface area contributed by atoms with Crippen LogP contribution in [-0.4, -0.2) is 44.1 Å². The first-order valence-electron chi connectivity index (χ1n) is 8.96. The van der Waals surface area contributed by atoms with E-state index < -0.39 is 5.97 Å². The van der Waals surface area contributed by atoms with E-state index in [1.165, 1.54) is 11.0 Å². The standard InChI is InChI=1S/C22H25NO5/c1-4-27-19-11-8-18(9-12-19)15-23(2)21(24)16-28-22(25)13-10-17-6-5-7-20(14-17)26-3/h5-14H,4,15-16H2,1-3H3/b13-10+. The molecule has 2 rings (SSSR count). The van der Waals surface area contributed by atoms with Crippen molar-refractivity contribution < 1.29 is 23.8 Å². The Morgan fingerprint density at radius 3 is 2.50 bits per heavy atom. The molecule has 1 amide bonds. The molecule has 0 saturated carbocycles. The molecule has 0 radical (unpaired) electrons. The molecule has 6 heteroatoms. The van der Waals surface area contributed by atoms with Gasteiger partial charge < -0.3 is 19.1 Å². The van der Waals surface area contributed by atoms with E-state index in [0.717, 1.165) is 16.9 Å². The smallest absolute Gasteiger partial charge is 0.331 e. The van der Waals surface area contributed by atoms with Gasteiger partial charge in [0.2, 0.25) is 0 Å². The van der Waals surface area contributed by atoms with Gasteiger partial charge in [0.05, 0.1) is 13.7 Å². The number of benzene rings is 2. The van der Waals surface area contributed by atoms with Crippen molar-refractivity contribution in [1.29, 1.82) is 0 Å². The molecule has 0 atom stereocenters. The number of carbonyl (C=O) groups excluding carboxylic acids is 2. The fraction of sp³-hybridized carbons (Fsp3) is 0.273. The maximum atomic E-state index is 12.2. The first-order chi connectivity index (χ1) is 13.5. The summed E-state index contributed by atoms with van der Waals surface area (Å²) >= 11 is 0. The molecule has 0 N–H and O–H groups in total. The molecule has 0 aliphatic heterocycles. The third-order valence-electron chi connectivity index (χ3n) is 3.92. The van der Waals surface area contributed by atoms with Gasteiger partial charge in [-0.2, -0.15) is 0 Å². The Labute approximate surface area is 165 Å². The molecule has 0 spiro atoms. The van der Waals surface area contributed by atoms with Gasteiger partial charge in [-0.1, -0.05) is 24.3 Å². The summed E-state index contributed by atoms with van der Waals surface area (Å²) in [5.74, 6) is 0.626. The van der Waals surface area contributed by atoms with Crippen molar-refractivity contribution in [3.63, 3.8) is 0 Å². The van der Waals surface area contributed by atoms with E-state index in [-0.39, 0.29) is 12.5 Å². The molecule has 0 bridgehead atoms. The van der Waals surface area contributed by atoms with Crippen molar-refractivity contribution in [3.05, 3.63) is 65.7 Å². The molecule has 0 saturated heterocycles. The van der Waals surface area contributed by atoms with E-state index in [2.05, 4.69) is 0 Å². The topological polar surface area (TPSA) is 65.1 Å². The van der Waals surface area contributed by atoms with Gasteiger partial charge in [-0.05, 0) is 48.4 Å². The van der Waals surface area contributed by atoms with Crippen LogP contribution in [0.1, 0.15) is 18.1 Å². The Bertz CT molecular complexity index is 814. The van der Waals surface area contributed by atoms with Crippen molar-refractivity contribution >= 4 is 18.0 Å². The molecule has 0 unspecified atom stereocenters. The number of esters is 1. The van der Waals surface area contributed by atoms with Crippen LogP contribution in [0, 0.1) is 0 Å². The second-order valence-corrected chi connectivity index (χ2v) is 6.04. The maximum absolute atomic E-state index is 12.2. The molecule has 0 fully saturated rings. The summed E-state index contributed by atoms with van der Waals surface area (Å²) in [7, 11) is 3.24. The largest absolute Gasteiger partial charge is 0.497 e. The Hall–Kier alpha value is -3.28. The van der Waals surface area contributed by atoms with E-state index in [1.807, 2.05) is 49.4 Å². The molecule has 0 aromatic heterocycles. The van der Waals surface area contributed by atoms with Gasteiger partial charge in [-0.15, -0.1) is 0 Å². The van der Waals surface area contributed by atoms with Crippen LogP contribution >= 0.6 is 0 Å². The Morgan fingerprint density at radius 2 is 1.82 bits per heavy atom. The summed E-state index contributed by atoms with van der Waals surface area (Å²) < 4.78 is 15.5. The summed E-state index contributed by atoms with van der Waals surface area (Å²) in [6.45, 7) is 2.64. The first kappa shape index (κ1) is 21.0. The highest BCUT2D eigenvalue weighted by molar-refractivity contribution is 5.89. The average molecular weight is 383 g/mol. The van der Waals surface area contributed by atoms with Crippen molar-refractivity contribution in [2.75, 3.05) is 27.4 Å². The number of likely N-dealkylation sites (N-methyl/N-ethyl adjacent to an activating group) is 1. The zero-order chi connectivity index (χ0) is 20.4. The van der Waals surface area contributed by atoms with Crippen LogP contribution in [0.5, 0.6) is 11.5 Å². The van der Waals surface area contributed by atoms with Gasteiger partial charge in [-0.3, -0.25) is 4.79 Å². The van der Waals surface area contributed by atoms with Crippen molar-refractivity contribution in [1.82, 2.24) is 4.90 Å². The monoisotopic (exact) mass is 383 g/mol. The lowest BCUT2D eigenvalue weighted by atomic mass is 10.2. The van der Waals surface area contributed by atoms with Gasteiger partial charge in [0.25, 0.3) is 5.91 Å². The molecule has 6 nitrogen and oxygen atoms in total. The molecule has 28 heavy (non-hydrogen) atoms. The second-order valence-electron chi connectivity index (χ2n) is 6.04. The number of carbonyl (C=O) groups is 2. The lowest BCUT2D eigenvalue weighted by Gasteiger charge is -2.17. The minimum Gasteiger partial charge on any atom is -0.497 e. The van der Waals surface area contributed by atoms with Gasteiger partial charge in [0, 0.05) is 19.7 Å². The van der Waals surface area contributed by atoms with Gasteiger partial charge in [0.1, 0.15) is 11.5 Å². The zero-order valence-corrected chi connectivity index (χ0v) is 16.4. The highest BCUT2D eigenvalue weighted by Gasteiger charge is 2.11. The second kappa shape index (κ2) is 10.8. The number of methoxy groups -OCH3 is 1. The number of rotatable bonds is 9. The quantitative estimate of drug-likeness (QED) is 0.491. The fourth-order valence-electron chi connectivity index (χ4n) is 2.42. The lowest BCUT2D eigenvalue weighted by Crippen LogP contribution is -2.30. The summed E-state index contributed by atoms with van der Waals surface area (Å²) in [5.41, 5.74) is 1.76. The number of ether oxygens (including phenoxy) is 3. The molecular weight excluding hydrogens is 358 g/mol. The van der Waals surface area contributed by atoms with Gasteiger partial charge in [-0.25, -0.2) is 4.79 Å². The Balaban J connectivity index is 1.79. The van der Waals surface area contributed by atoms with E-state index in [1.54, 1.807) is 26.3 Å². The predicted octanol–water partition coefficient (Wildman–Crippen LogP) is 3.31. The summed E-state index contributed by atoms with van der Waals surface area (Å²) in [6.07, 6.45) is 2.90. The van der Waals surface area contributed by atoms with Crippen molar-refractivity contribution in [3.8, 4) is 11.5 Å². The van der Waals surface area contributed by atoms with Crippen LogP contribution in [0.2, 0.25) is 0 Å². The number of hydrogen-bond acceptors (Lipinski definition) is 5. The van der Waals surface area contributed by atoms with Crippen LogP contribution in [0.4, 0.5) is 0 Å². The highest BCUT2D eigenvalue weighted by Crippen LogP contribution is 2.14. The van der Waals surface area contributed by atoms with Crippen molar-refractivity contribution in [2.45, 2.75) is 13.5 Å². The molecular formula is C22H25NO5. The van der Waals surface area contributed by atoms with Gasteiger partial charge in [0.15, 0.2) is 6.61 Å². The third kappa shape index (κ3) is 6.79. The van der Waals surface area contributed by atoms with Crippen LogP contribution in [0.25, 0.3) is 6.08 Å². The molecule has 0 aliphatic carbocycles. The molecule has 2 aromatic carbocycles. The number of hydrogen-bond donors (Lipinski definition) is 0. The third-order valence-corrected chi connectivity index (χ3v) is 3.92. The van der Waals surface area contributed by atoms with E-state index in [9.17, 15) is 9.59 Å². The number of amides is 1. The SMILES string of the molecule is CCOc1ccc(CN(C)C(=O)COC(=O)/C=C/c2cccc(OC)c2)cc1. The molecule has 0 aliphatic rings. The van der Waals surface area contributed by atoms with Crippen molar-refractivity contribution in [2.24, 2.45) is 0 Å². The van der Waals surface area contributed by atoms with E-state index >= 15 is 0 Å². The van der Waals surface area contributed by atoms with Crippen LogP contribution < -0.4 is 9.47 Å². The Morgan fingerprint density at radius 1 is 1.07 bits per heavy atom. The molecule has 2 aromatic rings. The minimum atomic E-state index is -0.578. The predicted molar refractivity (Wildman–Crippen MR) is 107 cm³/mol. The van der Waals surface area contributed by atoms with Crippen LogP contribution in [0.15, 0.2) is 54.6 Å². The van der Waals surface area contributed by atoms with E-state index in [4.69, 9.17) is 14.2 Å². The highest BCUT2D eigenvalue weighted by atomic mass is 16.5. The molecule has 0 heterocycles. The first-order valence-corrected chi connectivity index (χ1v) is 8.96. The molecule has 148 valence electrons.